The normalized spacial score (nSPS) is 25.3. The van der Waals surface area contributed by atoms with E-state index in [-0.39, 0.29) is 11.9 Å². The van der Waals surface area contributed by atoms with Gasteiger partial charge in [-0.3, -0.25) is 0 Å². The van der Waals surface area contributed by atoms with E-state index < -0.39 is 0 Å². The molecule has 0 amide bonds. The van der Waals surface area contributed by atoms with Crippen LogP contribution >= 0.6 is 11.6 Å². The molecule has 1 aliphatic heterocycles. The zero-order valence-electron chi connectivity index (χ0n) is 10.7. The largest absolute Gasteiger partial charge is 0.378 e. The second-order valence-electron chi connectivity index (χ2n) is 4.97. The van der Waals surface area contributed by atoms with Gasteiger partial charge in [0.1, 0.15) is 5.82 Å². The molecular weight excluding hydrogens is 253 g/mol. The molecule has 1 N–H and O–H groups in total. The average Bonchev–Trinajstić information content (AvgIpc) is 2.77. The standard InChI is InChI=1S/C14H19ClFNO/c1-9-5-11(8-18-9)14(17-2)7-10-6-12(15)3-4-13(10)16/h3-4,6,9,11,14,17H,5,7-8H2,1-2H3. The minimum atomic E-state index is -0.188. The molecule has 1 saturated heterocycles. The molecule has 0 saturated carbocycles. The first-order valence-corrected chi connectivity index (χ1v) is 6.70. The molecule has 0 spiro atoms. The Bertz CT molecular complexity index is 413. The van der Waals surface area contributed by atoms with Crippen LogP contribution in [0.25, 0.3) is 0 Å². The maximum atomic E-state index is 13.7. The van der Waals surface area contributed by atoms with Crippen LogP contribution < -0.4 is 5.32 Å². The topological polar surface area (TPSA) is 21.3 Å². The highest BCUT2D eigenvalue weighted by molar-refractivity contribution is 6.30. The number of rotatable bonds is 4. The summed E-state index contributed by atoms with van der Waals surface area (Å²) in [5.41, 5.74) is 0.668. The highest BCUT2D eigenvalue weighted by atomic mass is 35.5. The number of likely N-dealkylation sites (N-methyl/N-ethyl adjacent to an activating group) is 1. The van der Waals surface area contributed by atoms with Crippen molar-refractivity contribution >= 4 is 11.6 Å². The minimum Gasteiger partial charge on any atom is -0.378 e. The van der Waals surface area contributed by atoms with Crippen molar-refractivity contribution in [2.75, 3.05) is 13.7 Å². The van der Waals surface area contributed by atoms with Gasteiger partial charge in [-0.15, -0.1) is 0 Å². The molecule has 100 valence electrons. The molecule has 0 aliphatic carbocycles. The lowest BCUT2D eigenvalue weighted by Crippen LogP contribution is -2.36. The van der Waals surface area contributed by atoms with Gasteiger partial charge in [0.2, 0.25) is 0 Å². The lowest BCUT2D eigenvalue weighted by molar-refractivity contribution is 0.117. The Morgan fingerprint density at radius 2 is 2.33 bits per heavy atom. The molecule has 1 aliphatic rings. The van der Waals surface area contributed by atoms with Crippen LogP contribution in [0.1, 0.15) is 18.9 Å². The molecule has 2 nitrogen and oxygen atoms in total. The Morgan fingerprint density at radius 1 is 1.56 bits per heavy atom. The number of halogens is 2. The summed E-state index contributed by atoms with van der Waals surface area (Å²) in [7, 11) is 1.91. The van der Waals surface area contributed by atoms with Gasteiger partial charge in [-0.25, -0.2) is 4.39 Å². The quantitative estimate of drug-likeness (QED) is 0.909. The van der Waals surface area contributed by atoms with Crippen LogP contribution in [-0.4, -0.2) is 25.8 Å². The van der Waals surface area contributed by atoms with E-state index in [1.165, 1.54) is 6.07 Å². The van der Waals surface area contributed by atoms with Crippen molar-refractivity contribution in [3.63, 3.8) is 0 Å². The predicted octanol–water partition coefficient (Wildman–Crippen LogP) is 3.03. The van der Waals surface area contributed by atoms with E-state index in [4.69, 9.17) is 16.3 Å². The van der Waals surface area contributed by atoms with Gasteiger partial charge >= 0.3 is 0 Å². The van der Waals surface area contributed by atoms with E-state index in [0.717, 1.165) is 13.0 Å². The van der Waals surface area contributed by atoms with Gasteiger partial charge < -0.3 is 10.1 Å². The first-order valence-electron chi connectivity index (χ1n) is 6.33. The van der Waals surface area contributed by atoms with Crippen LogP contribution in [0.15, 0.2) is 18.2 Å². The smallest absolute Gasteiger partial charge is 0.126 e. The third-order valence-corrected chi connectivity index (χ3v) is 3.85. The molecule has 1 aromatic rings. The summed E-state index contributed by atoms with van der Waals surface area (Å²) in [6.07, 6.45) is 1.96. The van der Waals surface area contributed by atoms with Crippen molar-refractivity contribution < 1.29 is 9.13 Å². The third-order valence-electron chi connectivity index (χ3n) is 3.62. The van der Waals surface area contributed by atoms with Crippen molar-refractivity contribution in [3.05, 3.63) is 34.6 Å². The van der Waals surface area contributed by atoms with E-state index in [9.17, 15) is 4.39 Å². The van der Waals surface area contributed by atoms with Gasteiger partial charge in [-0.1, -0.05) is 11.6 Å². The van der Waals surface area contributed by atoms with Gasteiger partial charge in [0.15, 0.2) is 0 Å². The van der Waals surface area contributed by atoms with Crippen LogP contribution in [-0.2, 0) is 11.2 Å². The van der Waals surface area contributed by atoms with Gasteiger partial charge in [0, 0.05) is 17.0 Å². The minimum absolute atomic E-state index is 0.188. The van der Waals surface area contributed by atoms with E-state index in [1.807, 2.05) is 7.05 Å². The number of hydrogen-bond donors (Lipinski definition) is 1. The molecule has 0 radical (unpaired) electrons. The van der Waals surface area contributed by atoms with Crippen molar-refractivity contribution in [2.24, 2.45) is 5.92 Å². The van der Waals surface area contributed by atoms with E-state index in [0.29, 0.717) is 29.0 Å². The Balaban J connectivity index is 2.08. The average molecular weight is 272 g/mol. The fourth-order valence-electron chi connectivity index (χ4n) is 2.57. The van der Waals surface area contributed by atoms with Crippen LogP contribution in [0.3, 0.4) is 0 Å². The number of hydrogen-bond acceptors (Lipinski definition) is 2. The Kier molecular flexibility index (Phi) is 4.60. The highest BCUT2D eigenvalue weighted by Gasteiger charge is 2.29. The fourth-order valence-corrected chi connectivity index (χ4v) is 2.77. The van der Waals surface area contributed by atoms with Crippen LogP contribution in [0, 0.1) is 11.7 Å². The summed E-state index contributed by atoms with van der Waals surface area (Å²) >= 11 is 5.91. The first-order chi connectivity index (χ1) is 8.60. The molecule has 3 atom stereocenters. The lowest BCUT2D eigenvalue weighted by Gasteiger charge is -2.22. The number of nitrogens with one attached hydrogen (secondary N) is 1. The number of benzene rings is 1. The zero-order valence-corrected chi connectivity index (χ0v) is 11.5. The van der Waals surface area contributed by atoms with E-state index in [1.54, 1.807) is 12.1 Å². The van der Waals surface area contributed by atoms with Crippen molar-refractivity contribution in [3.8, 4) is 0 Å². The van der Waals surface area contributed by atoms with Crippen molar-refractivity contribution in [1.29, 1.82) is 0 Å². The van der Waals surface area contributed by atoms with E-state index >= 15 is 0 Å². The summed E-state index contributed by atoms with van der Waals surface area (Å²) in [6.45, 7) is 2.82. The SMILES string of the molecule is CNC(Cc1cc(Cl)ccc1F)C1COC(C)C1. The third kappa shape index (κ3) is 3.22. The number of ether oxygens (including phenoxy) is 1. The predicted molar refractivity (Wildman–Crippen MR) is 71.5 cm³/mol. The molecule has 4 heteroatoms. The molecule has 1 heterocycles. The summed E-state index contributed by atoms with van der Waals surface area (Å²) in [4.78, 5) is 0. The zero-order chi connectivity index (χ0) is 13.1. The summed E-state index contributed by atoms with van der Waals surface area (Å²) in [5, 5.41) is 3.85. The summed E-state index contributed by atoms with van der Waals surface area (Å²) in [5.74, 6) is 0.245. The maximum Gasteiger partial charge on any atom is 0.126 e. The Hall–Kier alpha value is -0.640. The van der Waals surface area contributed by atoms with Crippen LogP contribution in [0.2, 0.25) is 5.02 Å². The summed E-state index contributed by atoms with van der Waals surface area (Å²) < 4.78 is 19.3. The van der Waals surface area contributed by atoms with Gasteiger partial charge in [0.25, 0.3) is 0 Å². The monoisotopic (exact) mass is 271 g/mol. The van der Waals surface area contributed by atoms with Gasteiger partial charge in [0.05, 0.1) is 12.7 Å². The van der Waals surface area contributed by atoms with Crippen LogP contribution in [0.5, 0.6) is 0 Å². The summed E-state index contributed by atoms with van der Waals surface area (Å²) in [6, 6.07) is 4.94. The van der Waals surface area contributed by atoms with Crippen molar-refractivity contribution in [1.82, 2.24) is 5.32 Å². The van der Waals surface area contributed by atoms with Gasteiger partial charge in [-0.05, 0) is 50.6 Å². The van der Waals surface area contributed by atoms with Crippen molar-refractivity contribution in [2.45, 2.75) is 31.9 Å². The molecule has 0 bridgehead atoms. The first kappa shape index (κ1) is 13.8. The Morgan fingerprint density at radius 3 is 2.94 bits per heavy atom. The maximum absolute atomic E-state index is 13.7. The molecule has 1 aromatic carbocycles. The van der Waals surface area contributed by atoms with E-state index in [2.05, 4.69) is 12.2 Å². The van der Waals surface area contributed by atoms with Gasteiger partial charge in [-0.2, -0.15) is 0 Å². The molecule has 2 rings (SSSR count). The second-order valence-corrected chi connectivity index (χ2v) is 5.41. The lowest BCUT2D eigenvalue weighted by atomic mass is 9.91. The molecular formula is C14H19ClFNO. The molecule has 3 unspecified atom stereocenters. The fraction of sp³-hybridized carbons (Fsp3) is 0.571. The van der Waals surface area contributed by atoms with Crippen LogP contribution in [0.4, 0.5) is 4.39 Å². The molecule has 0 aromatic heterocycles. The molecule has 18 heavy (non-hydrogen) atoms. The molecule has 1 fully saturated rings. The highest BCUT2D eigenvalue weighted by Crippen LogP contribution is 2.25. The second kappa shape index (κ2) is 6.00. The Labute approximate surface area is 112 Å².